The van der Waals surface area contributed by atoms with Gasteiger partial charge in [-0.05, 0) is 0 Å². The molecule has 0 aliphatic rings. The van der Waals surface area contributed by atoms with Crippen molar-refractivity contribution in [3.63, 3.8) is 0 Å². The van der Waals surface area contributed by atoms with E-state index in [1.807, 2.05) is 0 Å². The van der Waals surface area contributed by atoms with Crippen molar-refractivity contribution in [3.05, 3.63) is 22.3 Å². The topological polar surface area (TPSA) is 86.2 Å². The van der Waals surface area contributed by atoms with Gasteiger partial charge in [0.2, 0.25) is 6.54 Å². The Kier molecular flexibility index (Phi) is 2.37. The predicted octanol–water partition coefficient (Wildman–Crippen LogP) is -0.695. The SMILES string of the molecule is C=C(C[N+](=O)[O-])C(N)=O. The first kappa shape index (κ1) is 7.61. The van der Waals surface area contributed by atoms with Crippen molar-refractivity contribution >= 4 is 5.91 Å². The third kappa shape index (κ3) is 3.22. The minimum Gasteiger partial charge on any atom is -0.366 e. The van der Waals surface area contributed by atoms with Crippen LogP contribution in [0.4, 0.5) is 0 Å². The first-order valence-electron chi connectivity index (χ1n) is 2.13. The molecule has 9 heavy (non-hydrogen) atoms. The summed E-state index contributed by atoms with van der Waals surface area (Å²) in [6.45, 7) is 2.50. The quantitative estimate of drug-likeness (QED) is 0.311. The molecule has 1 amide bonds. The molecule has 0 rings (SSSR count). The van der Waals surface area contributed by atoms with E-state index in [4.69, 9.17) is 0 Å². The fraction of sp³-hybridized carbons (Fsp3) is 0.250. The largest absolute Gasteiger partial charge is 0.366 e. The van der Waals surface area contributed by atoms with Crippen molar-refractivity contribution < 1.29 is 9.72 Å². The Bertz CT molecular complexity index is 163. The highest BCUT2D eigenvalue weighted by molar-refractivity contribution is 5.91. The molecular weight excluding hydrogens is 124 g/mol. The van der Waals surface area contributed by atoms with Crippen molar-refractivity contribution in [2.75, 3.05) is 6.54 Å². The molecule has 0 radical (unpaired) electrons. The van der Waals surface area contributed by atoms with E-state index in [2.05, 4.69) is 12.3 Å². The summed E-state index contributed by atoms with van der Waals surface area (Å²) in [6.07, 6.45) is 0. The summed E-state index contributed by atoms with van der Waals surface area (Å²) in [5.74, 6) is -0.827. The van der Waals surface area contributed by atoms with Gasteiger partial charge in [-0.25, -0.2) is 0 Å². The van der Waals surface area contributed by atoms with Crippen LogP contribution in [0.2, 0.25) is 0 Å². The van der Waals surface area contributed by atoms with Crippen LogP contribution in [0.15, 0.2) is 12.2 Å². The lowest BCUT2D eigenvalue weighted by Crippen LogP contribution is -2.19. The van der Waals surface area contributed by atoms with Crippen LogP contribution >= 0.6 is 0 Å². The first-order chi connectivity index (χ1) is 4.04. The summed E-state index contributed by atoms with van der Waals surface area (Å²) in [5.41, 5.74) is 4.46. The second-order valence-corrected chi connectivity index (χ2v) is 1.46. The standard InChI is InChI=1S/C4H6N2O3/c1-3(4(5)7)2-6(8)9/h1-2H2,(H2,5,7). The van der Waals surface area contributed by atoms with Gasteiger partial charge < -0.3 is 5.73 Å². The van der Waals surface area contributed by atoms with Crippen LogP contribution in [0, 0.1) is 10.1 Å². The van der Waals surface area contributed by atoms with Crippen LogP contribution in [-0.4, -0.2) is 17.4 Å². The summed E-state index contributed by atoms with van der Waals surface area (Å²) >= 11 is 0. The maximum Gasteiger partial charge on any atom is 0.250 e. The van der Waals surface area contributed by atoms with Crippen LogP contribution in [0.5, 0.6) is 0 Å². The number of carbonyl (C=O) groups is 1. The van der Waals surface area contributed by atoms with E-state index in [-0.39, 0.29) is 5.57 Å². The molecule has 50 valence electrons. The summed E-state index contributed by atoms with van der Waals surface area (Å²) in [5, 5.41) is 9.65. The molecule has 0 spiro atoms. The minimum absolute atomic E-state index is 0.181. The number of nitrogens with two attached hydrogens (primary N) is 1. The van der Waals surface area contributed by atoms with E-state index in [1.165, 1.54) is 0 Å². The Morgan fingerprint density at radius 2 is 2.22 bits per heavy atom. The van der Waals surface area contributed by atoms with Crippen LogP contribution in [0.3, 0.4) is 0 Å². The lowest BCUT2D eigenvalue weighted by atomic mass is 10.3. The van der Waals surface area contributed by atoms with Crippen molar-refractivity contribution in [1.82, 2.24) is 0 Å². The lowest BCUT2D eigenvalue weighted by molar-refractivity contribution is -0.470. The molecule has 0 saturated carbocycles. The highest BCUT2D eigenvalue weighted by Gasteiger charge is 2.06. The van der Waals surface area contributed by atoms with Gasteiger partial charge in [0, 0.05) is 4.92 Å². The average molecular weight is 130 g/mol. The molecule has 0 heterocycles. The average Bonchev–Trinajstić information content (AvgIpc) is 1.63. The second-order valence-electron chi connectivity index (χ2n) is 1.46. The predicted molar refractivity (Wildman–Crippen MR) is 30.2 cm³/mol. The number of carbonyl (C=O) groups excluding carboxylic acids is 1. The smallest absolute Gasteiger partial charge is 0.250 e. The normalized spacial score (nSPS) is 8.44. The van der Waals surface area contributed by atoms with Gasteiger partial charge in [0.15, 0.2) is 0 Å². The molecule has 0 saturated heterocycles. The summed E-state index contributed by atoms with van der Waals surface area (Å²) in [7, 11) is 0. The van der Waals surface area contributed by atoms with Crippen molar-refractivity contribution in [1.29, 1.82) is 0 Å². The summed E-state index contributed by atoms with van der Waals surface area (Å²) < 4.78 is 0. The molecule has 0 bridgehead atoms. The van der Waals surface area contributed by atoms with Gasteiger partial charge in [-0.1, -0.05) is 6.58 Å². The number of nitrogens with zero attached hydrogens (tertiary/aromatic N) is 1. The lowest BCUT2D eigenvalue weighted by Gasteiger charge is -1.90. The molecule has 2 N–H and O–H groups in total. The van der Waals surface area contributed by atoms with Crippen molar-refractivity contribution in [3.8, 4) is 0 Å². The van der Waals surface area contributed by atoms with E-state index in [9.17, 15) is 14.9 Å². The van der Waals surface area contributed by atoms with E-state index in [0.717, 1.165) is 0 Å². The van der Waals surface area contributed by atoms with Crippen molar-refractivity contribution in [2.24, 2.45) is 5.73 Å². The number of hydrogen-bond acceptors (Lipinski definition) is 3. The van der Waals surface area contributed by atoms with Gasteiger partial charge in [0.1, 0.15) is 0 Å². The number of nitro groups is 1. The maximum atomic E-state index is 10.1. The monoisotopic (exact) mass is 130 g/mol. The zero-order valence-corrected chi connectivity index (χ0v) is 4.66. The molecule has 0 atom stereocenters. The number of primary amides is 1. The molecule has 0 aromatic rings. The third-order valence-electron chi connectivity index (χ3n) is 0.668. The zero-order chi connectivity index (χ0) is 7.44. The Labute approximate surface area is 51.3 Å². The van der Waals surface area contributed by atoms with Gasteiger partial charge in [-0.2, -0.15) is 0 Å². The van der Waals surface area contributed by atoms with Crippen LogP contribution < -0.4 is 5.73 Å². The van der Waals surface area contributed by atoms with Crippen molar-refractivity contribution in [2.45, 2.75) is 0 Å². The van der Waals surface area contributed by atoms with Gasteiger partial charge in [-0.15, -0.1) is 0 Å². The molecule has 5 heteroatoms. The fourth-order valence-electron chi connectivity index (χ4n) is 0.234. The highest BCUT2D eigenvalue weighted by atomic mass is 16.6. The van der Waals surface area contributed by atoms with E-state index < -0.39 is 17.4 Å². The first-order valence-corrected chi connectivity index (χ1v) is 2.13. The maximum absolute atomic E-state index is 10.1. The number of amides is 1. The molecule has 0 aliphatic heterocycles. The van der Waals surface area contributed by atoms with Crippen LogP contribution in [0.1, 0.15) is 0 Å². The fourth-order valence-corrected chi connectivity index (χ4v) is 0.234. The number of hydrogen-bond donors (Lipinski definition) is 1. The third-order valence-corrected chi connectivity index (χ3v) is 0.668. The second kappa shape index (κ2) is 2.81. The minimum atomic E-state index is -0.827. The molecule has 0 fully saturated rings. The van der Waals surface area contributed by atoms with Gasteiger partial charge in [-0.3, -0.25) is 14.9 Å². The Hall–Kier alpha value is -1.39. The zero-order valence-electron chi connectivity index (χ0n) is 4.66. The Balaban J connectivity index is 3.79. The molecule has 5 nitrogen and oxygen atoms in total. The highest BCUT2D eigenvalue weighted by Crippen LogP contribution is 1.86. The van der Waals surface area contributed by atoms with Gasteiger partial charge in [0.25, 0.3) is 5.91 Å². The van der Waals surface area contributed by atoms with Crippen LogP contribution in [-0.2, 0) is 4.79 Å². The van der Waals surface area contributed by atoms with Crippen LogP contribution in [0.25, 0.3) is 0 Å². The summed E-state index contributed by atoms with van der Waals surface area (Å²) in [4.78, 5) is 19.0. The molecular formula is C4H6N2O3. The molecule has 0 aromatic heterocycles. The van der Waals surface area contributed by atoms with E-state index in [0.29, 0.717) is 0 Å². The molecule has 0 aliphatic carbocycles. The van der Waals surface area contributed by atoms with Gasteiger partial charge in [0.05, 0.1) is 5.57 Å². The van der Waals surface area contributed by atoms with Gasteiger partial charge >= 0.3 is 0 Å². The molecule has 0 unspecified atom stereocenters. The Morgan fingerprint density at radius 1 is 1.78 bits per heavy atom. The van der Waals surface area contributed by atoms with E-state index >= 15 is 0 Å². The Morgan fingerprint density at radius 3 is 2.33 bits per heavy atom. The number of rotatable bonds is 3. The molecule has 0 aromatic carbocycles. The van der Waals surface area contributed by atoms with E-state index in [1.54, 1.807) is 0 Å². The summed E-state index contributed by atoms with van der Waals surface area (Å²) in [6, 6.07) is 0.